The summed E-state index contributed by atoms with van der Waals surface area (Å²) < 4.78 is 37.7. The summed E-state index contributed by atoms with van der Waals surface area (Å²) in [6.07, 6.45) is 2.42. The van der Waals surface area contributed by atoms with Gasteiger partial charge in [0.1, 0.15) is 12.0 Å². The normalized spacial score (nSPS) is 24.5. The van der Waals surface area contributed by atoms with E-state index in [1.54, 1.807) is 12.1 Å². The van der Waals surface area contributed by atoms with Crippen LogP contribution >= 0.6 is 11.8 Å². The van der Waals surface area contributed by atoms with Crippen LogP contribution in [0.1, 0.15) is 19.3 Å². The van der Waals surface area contributed by atoms with Crippen molar-refractivity contribution in [1.29, 1.82) is 0 Å². The van der Waals surface area contributed by atoms with Gasteiger partial charge in [0.05, 0.1) is 18.6 Å². The number of amides is 1. The third kappa shape index (κ3) is 4.62. The molecule has 1 aromatic rings. The first kappa shape index (κ1) is 19.0. The number of primary amides is 1. The van der Waals surface area contributed by atoms with Gasteiger partial charge >= 0.3 is 0 Å². The minimum atomic E-state index is -3.73. The Morgan fingerprint density at radius 3 is 2.67 bits per heavy atom. The number of nitrogens with two attached hydrogens (primary N) is 1. The number of hydrogen-bond donors (Lipinski definition) is 2. The molecule has 2 atom stereocenters. The fourth-order valence-electron chi connectivity index (χ4n) is 2.69. The van der Waals surface area contributed by atoms with Gasteiger partial charge in [-0.3, -0.25) is 4.79 Å². The zero-order valence-corrected chi connectivity index (χ0v) is 15.3. The van der Waals surface area contributed by atoms with Crippen molar-refractivity contribution in [2.45, 2.75) is 35.1 Å². The summed E-state index contributed by atoms with van der Waals surface area (Å²) in [5, 5.41) is 0. The molecule has 0 bridgehead atoms. The average Bonchev–Trinajstić information content (AvgIpc) is 2.54. The van der Waals surface area contributed by atoms with Crippen LogP contribution < -0.4 is 15.2 Å². The lowest BCUT2D eigenvalue weighted by Gasteiger charge is -2.39. The maximum absolute atomic E-state index is 12.5. The van der Waals surface area contributed by atoms with Gasteiger partial charge in [-0.2, -0.15) is 16.5 Å². The maximum atomic E-state index is 12.5. The van der Waals surface area contributed by atoms with Crippen LogP contribution in [0.2, 0.25) is 0 Å². The molecule has 3 N–H and O–H groups in total. The number of rotatable bonds is 7. The number of hydrogen-bond acceptors (Lipinski definition) is 6. The van der Waals surface area contributed by atoms with Gasteiger partial charge in [-0.1, -0.05) is 0 Å². The lowest BCUT2D eigenvalue weighted by Crippen LogP contribution is -2.48. The van der Waals surface area contributed by atoms with E-state index in [0.717, 1.165) is 0 Å². The molecule has 134 valence electrons. The van der Waals surface area contributed by atoms with Gasteiger partial charge < -0.3 is 15.2 Å². The smallest absolute Gasteiger partial charge is 0.242 e. The topological polar surface area (TPSA) is 108 Å². The first-order chi connectivity index (χ1) is 11.3. The van der Waals surface area contributed by atoms with Crippen LogP contribution in [0.5, 0.6) is 5.75 Å². The van der Waals surface area contributed by atoms with Crippen LogP contribution in [0.3, 0.4) is 0 Å². The van der Waals surface area contributed by atoms with E-state index in [1.165, 1.54) is 31.0 Å². The highest BCUT2D eigenvalue weighted by molar-refractivity contribution is 8.00. The van der Waals surface area contributed by atoms with E-state index >= 15 is 0 Å². The Bertz CT molecular complexity index is 678. The van der Waals surface area contributed by atoms with Gasteiger partial charge in [-0.25, -0.2) is 8.42 Å². The molecule has 0 aromatic heterocycles. The number of sulfonamides is 1. The van der Waals surface area contributed by atoms with E-state index in [0.29, 0.717) is 25.2 Å². The minimum Gasteiger partial charge on any atom is -0.497 e. The van der Waals surface area contributed by atoms with E-state index in [1.807, 2.05) is 6.26 Å². The van der Waals surface area contributed by atoms with E-state index in [-0.39, 0.29) is 11.3 Å². The number of carbonyl (C=O) groups excluding carboxylic acids is 1. The summed E-state index contributed by atoms with van der Waals surface area (Å²) >= 11 is 1.52. The van der Waals surface area contributed by atoms with E-state index in [2.05, 4.69) is 4.72 Å². The Balaban J connectivity index is 2.12. The van der Waals surface area contributed by atoms with Gasteiger partial charge in [-0.05, 0) is 36.9 Å². The summed E-state index contributed by atoms with van der Waals surface area (Å²) in [6, 6.07) is 6.09. The van der Waals surface area contributed by atoms with Crippen molar-refractivity contribution in [3.8, 4) is 5.75 Å². The zero-order valence-electron chi connectivity index (χ0n) is 13.7. The van der Waals surface area contributed by atoms with Crippen LogP contribution in [0, 0.1) is 0 Å². The van der Waals surface area contributed by atoms with Crippen molar-refractivity contribution >= 4 is 27.7 Å². The molecular weight excluding hydrogens is 352 g/mol. The lowest BCUT2D eigenvalue weighted by molar-refractivity contribution is -0.119. The zero-order chi connectivity index (χ0) is 17.8. The number of thioether (sulfide) groups is 1. The number of benzene rings is 1. The third-order valence-corrected chi connectivity index (χ3v) is 6.87. The van der Waals surface area contributed by atoms with Gasteiger partial charge in [0.2, 0.25) is 15.9 Å². The molecule has 1 aromatic carbocycles. The summed E-state index contributed by atoms with van der Waals surface area (Å²) in [7, 11) is -2.22. The first-order valence-corrected chi connectivity index (χ1v) is 10.1. The standard InChI is InChI=1S/C15H22N2O5S2/c1-21-11-3-5-12(6-4-11)24(19,20)17-14-10-15(23-2,7-8-22-14)9-13(16)18/h3-6,14,17H,7-10H2,1-2H3,(H2,16,18). The highest BCUT2D eigenvalue weighted by atomic mass is 32.2. The summed E-state index contributed by atoms with van der Waals surface area (Å²) in [6.45, 7) is 0.365. The third-order valence-electron chi connectivity index (χ3n) is 4.02. The quantitative estimate of drug-likeness (QED) is 0.740. The van der Waals surface area contributed by atoms with E-state index < -0.39 is 26.9 Å². The molecule has 0 radical (unpaired) electrons. The molecule has 0 spiro atoms. The molecule has 1 heterocycles. The average molecular weight is 374 g/mol. The highest BCUT2D eigenvalue weighted by Crippen LogP contribution is 2.38. The van der Waals surface area contributed by atoms with E-state index in [4.69, 9.17) is 15.2 Å². The van der Waals surface area contributed by atoms with Crippen LogP contribution in [-0.4, -0.2) is 45.3 Å². The monoisotopic (exact) mass is 374 g/mol. The fourth-order valence-corrected chi connectivity index (χ4v) is 4.71. The molecule has 24 heavy (non-hydrogen) atoms. The van der Waals surface area contributed by atoms with Crippen LogP contribution in [-0.2, 0) is 19.6 Å². The Morgan fingerprint density at radius 1 is 1.46 bits per heavy atom. The molecule has 0 aliphatic carbocycles. The first-order valence-electron chi connectivity index (χ1n) is 7.42. The second-order valence-corrected chi connectivity index (χ2v) is 8.63. The largest absolute Gasteiger partial charge is 0.497 e. The molecule has 1 saturated heterocycles. The second-order valence-electron chi connectivity index (χ2n) is 5.64. The predicted molar refractivity (Wildman–Crippen MR) is 92.3 cm³/mol. The molecule has 0 saturated carbocycles. The molecule has 1 amide bonds. The van der Waals surface area contributed by atoms with Crippen molar-refractivity contribution in [1.82, 2.24) is 4.72 Å². The summed E-state index contributed by atoms with van der Waals surface area (Å²) in [4.78, 5) is 11.4. The SMILES string of the molecule is COc1ccc(S(=O)(=O)NC2CC(CC(N)=O)(SC)CCO2)cc1. The van der Waals surface area contributed by atoms with Crippen LogP contribution in [0.4, 0.5) is 0 Å². The van der Waals surface area contributed by atoms with Crippen LogP contribution in [0.25, 0.3) is 0 Å². The Hall–Kier alpha value is -1.29. The Morgan fingerprint density at radius 2 is 2.12 bits per heavy atom. The number of methoxy groups -OCH3 is 1. The van der Waals surface area contributed by atoms with Crippen LogP contribution in [0.15, 0.2) is 29.2 Å². The van der Waals surface area contributed by atoms with Crippen molar-refractivity contribution < 1.29 is 22.7 Å². The van der Waals surface area contributed by atoms with Gasteiger partial charge in [0.15, 0.2) is 0 Å². The fraction of sp³-hybridized carbons (Fsp3) is 0.533. The van der Waals surface area contributed by atoms with Crippen molar-refractivity contribution in [2.24, 2.45) is 5.73 Å². The van der Waals surface area contributed by atoms with Crippen molar-refractivity contribution in [3.63, 3.8) is 0 Å². The Kier molecular flexibility index (Phi) is 6.13. The van der Waals surface area contributed by atoms with Gasteiger partial charge in [-0.15, -0.1) is 0 Å². The second kappa shape index (κ2) is 7.73. The molecule has 1 aliphatic rings. The summed E-state index contributed by atoms with van der Waals surface area (Å²) in [5.41, 5.74) is 5.33. The van der Waals surface area contributed by atoms with Crippen molar-refractivity contribution in [2.75, 3.05) is 20.0 Å². The molecule has 2 rings (SSSR count). The molecule has 7 nitrogen and oxygen atoms in total. The molecule has 1 fully saturated rings. The lowest BCUT2D eigenvalue weighted by atomic mass is 9.93. The molecule has 1 aliphatic heterocycles. The maximum Gasteiger partial charge on any atom is 0.242 e. The molecular formula is C15H22N2O5S2. The molecule has 2 unspecified atom stereocenters. The van der Waals surface area contributed by atoms with E-state index in [9.17, 15) is 13.2 Å². The van der Waals surface area contributed by atoms with Gasteiger partial charge in [0.25, 0.3) is 0 Å². The minimum absolute atomic E-state index is 0.127. The summed E-state index contributed by atoms with van der Waals surface area (Å²) in [5.74, 6) is 0.175. The highest BCUT2D eigenvalue weighted by Gasteiger charge is 2.39. The predicted octanol–water partition coefficient (Wildman–Crippen LogP) is 1.09. The Labute approximate surface area is 146 Å². The number of nitrogens with one attached hydrogen (secondary N) is 1. The van der Waals surface area contributed by atoms with Gasteiger partial charge in [0, 0.05) is 17.6 Å². The van der Waals surface area contributed by atoms with Crippen molar-refractivity contribution in [3.05, 3.63) is 24.3 Å². The number of ether oxygens (including phenoxy) is 2. The molecule has 9 heteroatoms. The number of carbonyl (C=O) groups is 1.